The van der Waals surface area contributed by atoms with Crippen LogP contribution in [-0.4, -0.2) is 24.8 Å². The second-order valence-corrected chi connectivity index (χ2v) is 5.66. The summed E-state index contributed by atoms with van der Waals surface area (Å²) in [5.74, 6) is 0.574. The third kappa shape index (κ3) is 3.34. The molecule has 3 rings (SSSR count). The first-order chi connectivity index (χ1) is 11.1. The maximum atomic E-state index is 12.1. The van der Waals surface area contributed by atoms with Crippen LogP contribution in [0, 0.1) is 0 Å². The van der Waals surface area contributed by atoms with Crippen LogP contribution in [0.5, 0.6) is 0 Å². The number of para-hydroxylation sites is 2. The lowest BCUT2D eigenvalue weighted by Crippen LogP contribution is -2.43. The normalized spacial score (nSPS) is 16.9. The van der Waals surface area contributed by atoms with Crippen LogP contribution in [0.3, 0.4) is 0 Å². The molecule has 2 N–H and O–H groups in total. The molecule has 1 aliphatic rings. The first-order valence-corrected chi connectivity index (χ1v) is 7.66. The van der Waals surface area contributed by atoms with Crippen molar-refractivity contribution < 1.29 is 4.79 Å². The minimum atomic E-state index is -0.174. The molecule has 0 saturated carbocycles. The third-order valence-corrected chi connectivity index (χ3v) is 4.02. The summed E-state index contributed by atoms with van der Waals surface area (Å²) in [6.07, 6.45) is 0.722. The standard InChI is InChI=1S/C18H20N4O/c1-13-12-17(19-15-10-6-7-11-16(15)22(13)2)20-21-18(23)14-8-4-3-5-9-14/h3-11,13H,12H2,1-2H3,(H,19,20)(H,21,23)/t13-/m1/s1. The Hall–Kier alpha value is -2.82. The summed E-state index contributed by atoms with van der Waals surface area (Å²) < 4.78 is 0. The van der Waals surface area contributed by atoms with E-state index in [9.17, 15) is 4.79 Å². The number of hydrogen-bond donors (Lipinski definition) is 2. The number of nitrogens with zero attached hydrogens (tertiary/aromatic N) is 2. The van der Waals surface area contributed by atoms with Crippen LogP contribution >= 0.6 is 0 Å². The smallest absolute Gasteiger partial charge is 0.269 e. The topological polar surface area (TPSA) is 56.7 Å². The molecule has 1 amide bonds. The van der Waals surface area contributed by atoms with Gasteiger partial charge in [0.25, 0.3) is 5.91 Å². The zero-order chi connectivity index (χ0) is 16.2. The molecule has 5 nitrogen and oxygen atoms in total. The maximum Gasteiger partial charge on any atom is 0.269 e. The Morgan fingerprint density at radius 3 is 2.61 bits per heavy atom. The molecule has 1 aliphatic heterocycles. The van der Waals surface area contributed by atoms with Crippen LogP contribution in [0.25, 0.3) is 0 Å². The van der Waals surface area contributed by atoms with Crippen molar-refractivity contribution in [1.82, 2.24) is 10.9 Å². The molecular formula is C18H20N4O. The highest BCUT2D eigenvalue weighted by atomic mass is 16.2. The second-order valence-electron chi connectivity index (χ2n) is 5.66. The van der Waals surface area contributed by atoms with Crippen LogP contribution in [0.1, 0.15) is 23.7 Å². The number of aliphatic imine (C=N–C) groups is 1. The summed E-state index contributed by atoms with van der Waals surface area (Å²) in [4.78, 5) is 19.0. The van der Waals surface area contributed by atoms with Crippen LogP contribution in [0.4, 0.5) is 11.4 Å². The zero-order valence-electron chi connectivity index (χ0n) is 13.3. The van der Waals surface area contributed by atoms with E-state index in [1.807, 2.05) is 36.4 Å². The summed E-state index contributed by atoms with van der Waals surface area (Å²) in [7, 11) is 2.06. The summed E-state index contributed by atoms with van der Waals surface area (Å²) in [5, 5.41) is 0. The van der Waals surface area contributed by atoms with Crippen molar-refractivity contribution in [3.05, 3.63) is 60.2 Å². The van der Waals surface area contributed by atoms with Gasteiger partial charge in [-0.05, 0) is 31.2 Å². The SMILES string of the molecule is C[C@@H]1CC(NNC(=O)c2ccccc2)=Nc2ccccc2N1C. The number of carbonyl (C=O) groups excluding carboxylic acids is 1. The number of fused-ring (bicyclic) bond motifs is 1. The van der Waals surface area contributed by atoms with Gasteiger partial charge in [-0.25, -0.2) is 4.99 Å². The number of amidine groups is 1. The van der Waals surface area contributed by atoms with Crippen LogP contribution in [0.2, 0.25) is 0 Å². The first-order valence-electron chi connectivity index (χ1n) is 7.66. The van der Waals surface area contributed by atoms with Gasteiger partial charge < -0.3 is 4.90 Å². The van der Waals surface area contributed by atoms with Gasteiger partial charge in [-0.2, -0.15) is 0 Å². The molecule has 118 valence electrons. The van der Waals surface area contributed by atoms with Gasteiger partial charge in [0.2, 0.25) is 0 Å². The third-order valence-electron chi connectivity index (χ3n) is 4.02. The summed E-state index contributed by atoms with van der Waals surface area (Å²) in [5.41, 5.74) is 8.30. The Labute approximate surface area is 136 Å². The second kappa shape index (κ2) is 6.52. The molecule has 0 spiro atoms. The van der Waals surface area contributed by atoms with E-state index in [-0.39, 0.29) is 11.9 Å². The Morgan fingerprint density at radius 1 is 1.13 bits per heavy atom. The first kappa shape index (κ1) is 15.1. The highest BCUT2D eigenvalue weighted by Gasteiger charge is 2.20. The lowest BCUT2D eigenvalue weighted by molar-refractivity contribution is 0.0943. The minimum absolute atomic E-state index is 0.174. The van der Waals surface area contributed by atoms with E-state index in [0.29, 0.717) is 5.56 Å². The Balaban J connectivity index is 1.76. The lowest BCUT2D eigenvalue weighted by atomic mass is 10.2. The molecule has 1 heterocycles. The van der Waals surface area contributed by atoms with E-state index < -0.39 is 0 Å². The molecule has 0 saturated heterocycles. The number of rotatable bonds is 1. The van der Waals surface area contributed by atoms with Crippen LogP contribution in [0.15, 0.2) is 59.6 Å². The molecule has 0 unspecified atom stereocenters. The van der Waals surface area contributed by atoms with Crippen molar-refractivity contribution >= 4 is 23.1 Å². The minimum Gasteiger partial charge on any atom is -0.370 e. The van der Waals surface area contributed by atoms with Crippen molar-refractivity contribution in [3.8, 4) is 0 Å². The molecule has 1 atom stereocenters. The van der Waals surface area contributed by atoms with Crippen molar-refractivity contribution in [2.45, 2.75) is 19.4 Å². The number of nitrogens with one attached hydrogen (secondary N) is 2. The van der Waals surface area contributed by atoms with E-state index in [2.05, 4.69) is 40.8 Å². The van der Waals surface area contributed by atoms with E-state index in [0.717, 1.165) is 23.6 Å². The molecule has 23 heavy (non-hydrogen) atoms. The maximum absolute atomic E-state index is 12.1. The summed E-state index contributed by atoms with van der Waals surface area (Å²) in [6.45, 7) is 2.14. The van der Waals surface area contributed by atoms with Gasteiger partial charge in [0.15, 0.2) is 0 Å². The fraction of sp³-hybridized carbons (Fsp3) is 0.222. The lowest BCUT2D eigenvalue weighted by Gasteiger charge is -2.25. The number of hydrogen-bond acceptors (Lipinski definition) is 4. The molecule has 0 bridgehead atoms. The monoisotopic (exact) mass is 308 g/mol. The number of carbonyl (C=O) groups is 1. The van der Waals surface area contributed by atoms with Crippen molar-refractivity contribution in [3.63, 3.8) is 0 Å². The fourth-order valence-electron chi connectivity index (χ4n) is 2.57. The molecule has 2 aromatic rings. The van der Waals surface area contributed by atoms with Crippen molar-refractivity contribution in [2.24, 2.45) is 4.99 Å². The average Bonchev–Trinajstić information content (AvgIpc) is 2.71. The van der Waals surface area contributed by atoms with E-state index >= 15 is 0 Å². The summed E-state index contributed by atoms with van der Waals surface area (Å²) >= 11 is 0. The molecule has 0 aliphatic carbocycles. The summed E-state index contributed by atoms with van der Waals surface area (Å²) in [6, 6.07) is 17.4. The van der Waals surface area contributed by atoms with Gasteiger partial charge in [0.05, 0.1) is 11.4 Å². The van der Waals surface area contributed by atoms with E-state index in [1.165, 1.54) is 0 Å². The van der Waals surface area contributed by atoms with Gasteiger partial charge in [0, 0.05) is 25.1 Å². The Bertz CT molecular complexity index is 727. The van der Waals surface area contributed by atoms with Crippen LogP contribution in [-0.2, 0) is 0 Å². The van der Waals surface area contributed by atoms with Gasteiger partial charge in [0.1, 0.15) is 5.84 Å². The molecule has 5 heteroatoms. The van der Waals surface area contributed by atoms with Gasteiger partial charge >= 0.3 is 0 Å². The van der Waals surface area contributed by atoms with Gasteiger partial charge in [-0.15, -0.1) is 0 Å². The predicted octanol–water partition coefficient (Wildman–Crippen LogP) is 2.88. The highest BCUT2D eigenvalue weighted by Crippen LogP contribution is 2.31. The number of hydrazine groups is 1. The quantitative estimate of drug-likeness (QED) is 0.797. The highest BCUT2D eigenvalue weighted by molar-refractivity contribution is 5.97. The number of benzene rings is 2. The molecule has 0 fully saturated rings. The van der Waals surface area contributed by atoms with Crippen molar-refractivity contribution in [1.29, 1.82) is 0 Å². The largest absolute Gasteiger partial charge is 0.370 e. The molecule has 2 aromatic carbocycles. The average molecular weight is 308 g/mol. The number of amides is 1. The van der Waals surface area contributed by atoms with E-state index in [1.54, 1.807) is 12.1 Å². The van der Waals surface area contributed by atoms with Gasteiger partial charge in [-0.3, -0.25) is 15.6 Å². The van der Waals surface area contributed by atoms with Crippen molar-refractivity contribution in [2.75, 3.05) is 11.9 Å². The Kier molecular flexibility index (Phi) is 4.28. The predicted molar refractivity (Wildman–Crippen MR) is 93.1 cm³/mol. The van der Waals surface area contributed by atoms with Gasteiger partial charge in [-0.1, -0.05) is 30.3 Å². The number of anilines is 1. The molecule has 0 aromatic heterocycles. The zero-order valence-corrected chi connectivity index (χ0v) is 13.3. The Morgan fingerprint density at radius 2 is 1.83 bits per heavy atom. The van der Waals surface area contributed by atoms with Crippen LogP contribution < -0.4 is 15.8 Å². The fourth-order valence-corrected chi connectivity index (χ4v) is 2.57. The van der Waals surface area contributed by atoms with E-state index in [4.69, 9.17) is 0 Å². The molecular weight excluding hydrogens is 288 g/mol. The molecule has 0 radical (unpaired) electrons.